The summed E-state index contributed by atoms with van der Waals surface area (Å²) in [5.74, 6) is 0. The largest absolute Gasteiger partial charge is 0.256 e. The van der Waals surface area contributed by atoms with Crippen LogP contribution in [0.4, 0.5) is 0 Å². The third kappa shape index (κ3) is 2.49. The maximum atomic E-state index is 4.50. The molecule has 23 heavy (non-hydrogen) atoms. The summed E-state index contributed by atoms with van der Waals surface area (Å²) in [7, 11) is 0. The second kappa shape index (κ2) is 5.52. The van der Waals surface area contributed by atoms with Gasteiger partial charge in [0.05, 0.1) is 23.1 Å². The van der Waals surface area contributed by atoms with E-state index in [0.29, 0.717) is 0 Å². The second-order valence-electron chi connectivity index (χ2n) is 5.56. The third-order valence-electron chi connectivity index (χ3n) is 3.80. The molecular weight excluding hydrogens is 304 g/mol. The minimum absolute atomic E-state index is 0.883. The summed E-state index contributed by atoms with van der Waals surface area (Å²) in [6.07, 6.45) is 3.65. The number of hydrogen-bond acceptors (Lipinski definition) is 5. The standard InChI is InChI=1S/C18H14N4S/c1-11-5-7-19-15(9-11)13-3-4-14(18-17(13)21-23-22-18)16-10-12(2)6-8-20-16/h3-10H,1-2H3. The molecule has 4 aromatic rings. The van der Waals surface area contributed by atoms with Gasteiger partial charge in [0.15, 0.2) is 0 Å². The molecule has 0 unspecified atom stereocenters. The Labute approximate surface area is 138 Å². The average Bonchev–Trinajstić information content (AvgIpc) is 3.03. The number of pyridine rings is 2. The number of rotatable bonds is 2. The summed E-state index contributed by atoms with van der Waals surface area (Å²) in [4.78, 5) is 8.95. The summed E-state index contributed by atoms with van der Waals surface area (Å²) >= 11 is 1.22. The maximum absolute atomic E-state index is 4.50. The summed E-state index contributed by atoms with van der Waals surface area (Å²) in [6.45, 7) is 4.12. The van der Waals surface area contributed by atoms with Gasteiger partial charge >= 0.3 is 0 Å². The molecule has 0 saturated heterocycles. The first-order chi connectivity index (χ1) is 11.2. The van der Waals surface area contributed by atoms with Gasteiger partial charge in [-0.05, 0) is 61.4 Å². The van der Waals surface area contributed by atoms with E-state index >= 15 is 0 Å². The lowest BCUT2D eigenvalue weighted by molar-refractivity contribution is 1.28. The van der Waals surface area contributed by atoms with E-state index in [9.17, 15) is 0 Å². The lowest BCUT2D eigenvalue weighted by atomic mass is 10.0. The summed E-state index contributed by atoms with van der Waals surface area (Å²) < 4.78 is 8.99. The van der Waals surface area contributed by atoms with Crippen LogP contribution in [-0.4, -0.2) is 18.7 Å². The third-order valence-corrected chi connectivity index (χ3v) is 4.33. The molecular formula is C18H14N4S. The van der Waals surface area contributed by atoms with Gasteiger partial charge in [0.1, 0.15) is 11.0 Å². The van der Waals surface area contributed by atoms with Gasteiger partial charge < -0.3 is 0 Å². The molecule has 0 bridgehead atoms. The van der Waals surface area contributed by atoms with Gasteiger partial charge in [0.2, 0.25) is 0 Å². The molecule has 1 aromatic carbocycles. The van der Waals surface area contributed by atoms with Crippen molar-refractivity contribution < 1.29 is 0 Å². The number of fused-ring (bicyclic) bond motifs is 1. The molecule has 0 spiro atoms. The number of benzene rings is 1. The Balaban J connectivity index is 1.95. The molecule has 0 aliphatic heterocycles. The highest BCUT2D eigenvalue weighted by atomic mass is 32.1. The Kier molecular flexibility index (Phi) is 3.35. The topological polar surface area (TPSA) is 51.6 Å². The van der Waals surface area contributed by atoms with Crippen molar-refractivity contribution in [3.8, 4) is 22.5 Å². The van der Waals surface area contributed by atoms with Crippen LogP contribution in [0.3, 0.4) is 0 Å². The Morgan fingerprint density at radius 1 is 0.696 bits per heavy atom. The van der Waals surface area contributed by atoms with E-state index in [-0.39, 0.29) is 0 Å². The van der Waals surface area contributed by atoms with Crippen LogP contribution in [0.15, 0.2) is 48.8 Å². The Morgan fingerprint density at radius 2 is 1.17 bits per heavy atom. The van der Waals surface area contributed by atoms with Crippen molar-refractivity contribution >= 4 is 22.8 Å². The average molecular weight is 318 g/mol. The van der Waals surface area contributed by atoms with E-state index in [1.165, 1.54) is 22.9 Å². The van der Waals surface area contributed by atoms with Gasteiger partial charge in [-0.25, -0.2) is 0 Å². The number of nitrogens with zero attached hydrogens (tertiary/aromatic N) is 4. The summed E-state index contributed by atoms with van der Waals surface area (Å²) in [5, 5.41) is 0. The highest BCUT2D eigenvalue weighted by Gasteiger charge is 2.14. The van der Waals surface area contributed by atoms with Crippen LogP contribution in [0.25, 0.3) is 33.5 Å². The van der Waals surface area contributed by atoms with Crippen LogP contribution in [0, 0.1) is 13.8 Å². The summed E-state index contributed by atoms with van der Waals surface area (Å²) in [6, 6.07) is 12.2. The fourth-order valence-corrected chi connectivity index (χ4v) is 3.22. The van der Waals surface area contributed by atoms with Crippen molar-refractivity contribution in [1.82, 2.24) is 18.7 Å². The first kappa shape index (κ1) is 14.0. The lowest BCUT2D eigenvalue weighted by Crippen LogP contribution is -1.90. The Hall–Kier alpha value is -2.66. The van der Waals surface area contributed by atoms with E-state index in [4.69, 9.17) is 0 Å². The van der Waals surface area contributed by atoms with Crippen LogP contribution in [0.5, 0.6) is 0 Å². The van der Waals surface area contributed by atoms with Gasteiger partial charge in [-0.2, -0.15) is 8.75 Å². The van der Waals surface area contributed by atoms with E-state index in [2.05, 4.69) is 56.8 Å². The van der Waals surface area contributed by atoms with E-state index in [1.54, 1.807) is 0 Å². The van der Waals surface area contributed by atoms with Gasteiger partial charge in [0, 0.05) is 23.5 Å². The van der Waals surface area contributed by atoms with Crippen LogP contribution in [0.2, 0.25) is 0 Å². The van der Waals surface area contributed by atoms with Gasteiger partial charge in [0.25, 0.3) is 0 Å². The molecule has 3 aromatic heterocycles. The smallest absolute Gasteiger partial charge is 0.114 e. The zero-order chi connectivity index (χ0) is 15.8. The molecule has 3 heterocycles. The number of hydrogen-bond donors (Lipinski definition) is 0. The monoisotopic (exact) mass is 318 g/mol. The van der Waals surface area contributed by atoms with Crippen molar-refractivity contribution in [1.29, 1.82) is 0 Å². The van der Waals surface area contributed by atoms with E-state index < -0.39 is 0 Å². The number of aryl methyl sites for hydroxylation is 2. The van der Waals surface area contributed by atoms with Crippen molar-refractivity contribution in [2.45, 2.75) is 13.8 Å². The minimum Gasteiger partial charge on any atom is -0.256 e. The molecule has 4 nitrogen and oxygen atoms in total. The molecule has 5 heteroatoms. The second-order valence-corrected chi connectivity index (χ2v) is 6.09. The Morgan fingerprint density at radius 3 is 1.61 bits per heavy atom. The van der Waals surface area contributed by atoms with Crippen molar-refractivity contribution in [2.24, 2.45) is 0 Å². The van der Waals surface area contributed by atoms with Crippen LogP contribution in [0.1, 0.15) is 11.1 Å². The first-order valence-electron chi connectivity index (χ1n) is 7.34. The van der Waals surface area contributed by atoms with E-state index in [0.717, 1.165) is 33.5 Å². The first-order valence-corrected chi connectivity index (χ1v) is 8.07. The molecule has 0 atom stereocenters. The van der Waals surface area contributed by atoms with Gasteiger partial charge in [-0.3, -0.25) is 9.97 Å². The molecule has 0 fully saturated rings. The zero-order valence-electron chi connectivity index (χ0n) is 12.8. The molecule has 112 valence electrons. The SMILES string of the molecule is Cc1ccnc(-c2ccc(-c3cc(C)ccn3)c3nsnc23)c1. The maximum Gasteiger partial charge on any atom is 0.114 e. The quantitative estimate of drug-likeness (QED) is 0.548. The fourth-order valence-electron chi connectivity index (χ4n) is 2.65. The van der Waals surface area contributed by atoms with Crippen molar-refractivity contribution in [3.63, 3.8) is 0 Å². The highest BCUT2D eigenvalue weighted by Crippen LogP contribution is 2.33. The summed E-state index contributed by atoms with van der Waals surface area (Å²) in [5.41, 5.74) is 7.98. The van der Waals surface area contributed by atoms with Crippen LogP contribution >= 0.6 is 11.7 Å². The van der Waals surface area contributed by atoms with Crippen molar-refractivity contribution in [3.05, 3.63) is 59.9 Å². The predicted molar refractivity (Wildman–Crippen MR) is 93.4 cm³/mol. The molecule has 0 radical (unpaired) electrons. The molecule has 0 amide bonds. The highest BCUT2D eigenvalue weighted by molar-refractivity contribution is 7.00. The molecule has 0 aliphatic carbocycles. The number of aromatic nitrogens is 4. The zero-order valence-corrected chi connectivity index (χ0v) is 13.6. The van der Waals surface area contributed by atoms with Gasteiger partial charge in [-0.1, -0.05) is 0 Å². The Bertz CT molecular complexity index is 927. The van der Waals surface area contributed by atoms with Gasteiger partial charge in [-0.15, -0.1) is 0 Å². The normalized spacial score (nSPS) is 11.0. The van der Waals surface area contributed by atoms with Crippen LogP contribution < -0.4 is 0 Å². The fraction of sp³-hybridized carbons (Fsp3) is 0.111. The van der Waals surface area contributed by atoms with Crippen LogP contribution in [-0.2, 0) is 0 Å². The molecule has 0 saturated carbocycles. The minimum atomic E-state index is 0.883. The van der Waals surface area contributed by atoms with E-state index in [1.807, 2.05) is 24.5 Å². The molecule has 0 N–H and O–H groups in total. The molecule has 0 aliphatic rings. The predicted octanol–water partition coefficient (Wildman–Crippen LogP) is 4.43. The molecule has 4 rings (SSSR count). The lowest BCUT2D eigenvalue weighted by Gasteiger charge is -2.07. The van der Waals surface area contributed by atoms with Crippen molar-refractivity contribution in [2.75, 3.05) is 0 Å².